The number of anilines is 3. The molecule has 9 heteroatoms. The molecule has 0 saturated carbocycles. The zero-order chi connectivity index (χ0) is 21.0. The first-order chi connectivity index (χ1) is 15.3. The summed E-state index contributed by atoms with van der Waals surface area (Å²) in [6.45, 7) is 9.22. The van der Waals surface area contributed by atoms with E-state index in [2.05, 4.69) is 33.8 Å². The van der Waals surface area contributed by atoms with Crippen molar-refractivity contribution in [2.45, 2.75) is 32.2 Å². The quantitative estimate of drug-likeness (QED) is 0.730. The van der Waals surface area contributed by atoms with Crippen LogP contribution in [0.1, 0.15) is 26.2 Å². The maximum absolute atomic E-state index is 5.52. The van der Waals surface area contributed by atoms with Crippen molar-refractivity contribution < 1.29 is 9.47 Å². The fourth-order valence-corrected chi connectivity index (χ4v) is 4.42. The smallest absolute Gasteiger partial charge is 0.230 e. The molecule has 0 aliphatic carbocycles. The van der Waals surface area contributed by atoms with Crippen LogP contribution in [0, 0.1) is 0 Å². The minimum Gasteiger partial charge on any atom is -0.378 e. The summed E-state index contributed by atoms with van der Waals surface area (Å²) in [6.07, 6.45) is 3.71. The standard InChI is InChI=1S/C22H31N7O2/c1-17-5-2-3-8-29(17)19-7-4-6-18(23-19)20-24-21(27-9-13-30-14-10-27)26-22(25-20)28-11-15-31-16-12-28/h4,6-7,17H,2-3,5,8-16H2,1H3. The molecule has 0 bridgehead atoms. The molecule has 3 fully saturated rings. The van der Waals surface area contributed by atoms with Gasteiger partial charge in [-0.1, -0.05) is 6.07 Å². The molecule has 5 rings (SSSR count). The van der Waals surface area contributed by atoms with Crippen molar-refractivity contribution in [3.63, 3.8) is 0 Å². The highest BCUT2D eigenvalue weighted by Crippen LogP contribution is 2.26. The summed E-state index contributed by atoms with van der Waals surface area (Å²) < 4.78 is 11.0. The van der Waals surface area contributed by atoms with Crippen molar-refractivity contribution >= 4 is 17.7 Å². The highest BCUT2D eigenvalue weighted by atomic mass is 16.5. The third kappa shape index (κ3) is 4.57. The Morgan fingerprint density at radius 1 is 0.774 bits per heavy atom. The van der Waals surface area contributed by atoms with E-state index in [4.69, 9.17) is 29.4 Å². The zero-order valence-corrected chi connectivity index (χ0v) is 18.2. The molecule has 1 atom stereocenters. The van der Waals surface area contributed by atoms with Gasteiger partial charge in [-0.05, 0) is 38.3 Å². The average molecular weight is 426 g/mol. The van der Waals surface area contributed by atoms with Crippen LogP contribution in [0.25, 0.3) is 11.5 Å². The van der Waals surface area contributed by atoms with Crippen molar-refractivity contribution in [2.24, 2.45) is 0 Å². The van der Waals surface area contributed by atoms with Crippen molar-refractivity contribution in [3.05, 3.63) is 18.2 Å². The van der Waals surface area contributed by atoms with Crippen LogP contribution in [-0.2, 0) is 9.47 Å². The first kappa shape index (κ1) is 20.4. The Labute approximate surface area is 183 Å². The van der Waals surface area contributed by atoms with Gasteiger partial charge in [0.25, 0.3) is 0 Å². The number of hydrogen-bond donors (Lipinski definition) is 0. The summed E-state index contributed by atoms with van der Waals surface area (Å²) in [5.41, 5.74) is 0.793. The van der Waals surface area contributed by atoms with E-state index in [9.17, 15) is 0 Å². The number of hydrogen-bond acceptors (Lipinski definition) is 9. The third-order valence-corrected chi connectivity index (χ3v) is 6.26. The molecule has 9 nitrogen and oxygen atoms in total. The van der Waals surface area contributed by atoms with Gasteiger partial charge in [0.1, 0.15) is 11.5 Å². The number of piperidine rings is 1. The van der Waals surface area contributed by atoms with Gasteiger partial charge in [-0.2, -0.15) is 15.0 Å². The molecule has 2 aromatic rings. The maximum atomic E-state index is 5.52. The number of pyridine rings is 1. The number of aromatic nitrogens is 4. The van der Waals surface area contributed by atoms with Crippen LogP contribution in [0.2, 0.25) is 0 Å². The lowest BCUT2D eigenvalue weighted by molar-refractivity contribution is 0.121. The molecule has 0 radical (unpaired) electrons. The SMILES string of the molecule is CC1CCCCN1c1cccc(-c2nc(N3CCOCC3)nc(N3CCOCC3)n2)n1. The molecular weight excluding hydrogens is 394 g/mol. The molecule has 0 aromatic carbocycles. The molecule has 2 aromatic heterocycles. The molecular formula is C22H31N7O2. The van der Waals surface area contributed by atoms with Crippen LogP contribution in [0.15, 0.2) is 18.2 Å². The van der Waals surface area contributed by atoms with Crippen LogP contribution in [0.5, 0.6) is 0 Å². The Hall–Kier alpha value is -2.52. The number of rotatable bonds is 4. The second-order valence-corrected chi connectivity index (χ2v) is 8.38. The van der Waals surface area contributed by atoms with Crippen molar-refractivity contribution in [2.75, 3.05) is 73.9 Å². The Bertz CT molecular complexity index is 848. The van der Waals surface area contributed by atoms with Gasteiger partial charge < -0.3 is 24.2 Å². The van der Waals surface area contributed by atoms with Crippen molar-refractivity contribution in [1.82, 2.24) is 19.9 Å². The fraction of sp³-hybridized carbons (Fsp3) is 0.636. The molecule has 3 aliphatic heterocycles. The zero-order valence-electron chi connectivity index (χ0n) is 18.2. The Morgan fingerprint density at radius 2 is 1.42 bits per heavy atom. The predicted molar refractivity (Wildman–Crippen MR) is 120 cm³/mol. The normalized spacial score (nSPS) is 22.6. The van der Waals surface area contributed by atoms with E-state index in [0.29, 0.717) is 50.2 Å². The highest BCUT2D eigenvalue weighted by molar-refractivity contribution is 5.58. The van der Waals surface area contributed by atoms with E-state index in [1.165, 1.54) is 19.3 Å². The average Bonchev–Trinajstić information content (AvgIpc) is 2.85. The molecule has 166 valence electrons. The van der Waals surface area contributed by atoms with Crippen molar-refractivity contribution in [1.29, 1.82) is 0 Å². The van der Waals surface area contributed by atoms with Gasteiger partial charge in [-0.3, -0.25) is 0 Å². The second-order valence-electron chi connectivity index (χ2n) is 8.38. The monoisotopic (exact) mass is 425 g/mol. The largest absolute Gasteiger partial charge is 0.378 e. The second kappa shape index (κ2) is 9.32. The molecule has 0 amide bonds. The summed E-state index contributed by atoms with van der Waals surface area (Å²) in [5, 5.41) is 0. The molecule has 5 heterocycles. The maximum Gasteiger partial charge on any atom is 0.230 e. The molecule has 3 aliphatic rings. The number of nitrogens with zero attached hydrogens (tertiary/aromatic N) is 7. The molecule has 3 saturated heterocycles. The molecule has 31 heavy (non-hydrogen) atoms. The van der Waals surface area contributed by atoms with Crippen molar-refractivity contribution in [3.8, 4) is 11.5 Å². The van der Waals surface area contributed by atoms with Gasteiger partial charge >= 0.3 is 0 Å². The number of ether oxygens (including phenoxy) is 2. The first-order valence-corrected chi connectivity index (χ1v) is 11.4. The van der Waals surface area contributed by atoms with Gasteiger partial charge in [0.15, 0.2) is 5.82 Å². The van der Waals surface area contributed by atoms with Crippen LogP contribution < -0.4 is 14.7 Å². The van der Waals surface area contributed by atoms with E-state index >= 15 is 0 Å². The lowest BCUT2D eigenvalue weighted by atomic mass is 10.0. The lowest BCUT2D eigenvalue weighted by Gasteiger charge is -2.34. The predicted octanol–water partition coefficient (Wildman–Crippen LogP) is 1.99. The van der Waals surface area contributed by atoms with Crippen LogP contribution >= 0.6 is 0 Å². The first-order valence-electron chi connectivity index (χ1n) is 11.4. The van der Waals surface area contributed by atoms with E-state index in [1.54, 1.807) is 0 Å². The summed E-state index contributed by atoms with van der Waals surface area (Å²) in [5.74, 6) is 3.04. The van der Waals surface area contributed by atoms with E-state index in [-0.39, 0.29) is 0 Å². The van der Waals surface area contributed by atoms with Crippen LogP contribution in [-0.4, -0.2) is 85.1 Å². The minimum absolute atomic E-state index is 0.502. The van der Waals surface area contributed by atoms with Crippen LogP contribution in [0.4, 0.5) is 17.7 Å². The van der Waals surface area contributed by atoms with Gasteiger partial charge in [0.2, 0.25) is 11.9 Å². The number of morpholine rings is 2. The summed E-state index contributed by atoms with van der Waals surface area (Å²) in [4.78, 5) is 26.2. The van der Waals surface area contributed by atoms with Crippen LogP contribution in [0.3, 0.4) is 0 Å². The highest BCUT2D eigenvalue weighted by Gasteiger charge is 2.23. The summed E-state index contributed by atoms with van der Waals surface area (Å²) in [6, 6.07) is 6.66. The van der Waals surface area contributed by atoms with Gasteiger partial charge in [-0.25, -0.2) is 4.98 Å². The Morgan fingerprint density at radius 3 is 2.03 bits per heavy atom. The minimum atomic E-state index is 0.502. The molecule has 0 N–H and O–H groups in total. The van der Waals surface area contributed by atoms with E-state index in [1.807, 2.05) is 6.07 Å². The van der Waals surface area contributed by atoms with E-state index in [0.717, 1.165) is 44.2 Å². The summed E-state index contributed by atoms with van der Waals surface area (Å²) >= 11 is 0. The Balaban J connectivity index is 1.50. The topological polar surface area (TPSA) is 79.7 Å². The summed E-state index contributed by atoms with van der Waals surface area (Å²) in [7, 11) is 0. The van der Waals surface area contributed by atoms with Gasteiger partial charge in [0, 0.05) is 38.8 Å². The van der Waals surface area contributed by atoms with Gasteiger partial charge in [-0.15, -0.1) is 0 Å². The Kier molecular flexibility index (Phi) is 6.13. The van der Waals surface area contributed by atoms with Gasteiger partial charge in [0.05, 0.1) is 26.4 Å². The fourth-order valence-electron chi connectivity index (χ4n) is 4.42. The molecule has 0 spiro atoms. The van der Waals surface area contributed by atoms with E-state index < -0.39 is 0 Å². The lowest BCUT2D eigenvalue weighted by Crippen LogP contribution is -2.40. The third-order valence-electron chi connectivity index (χ3n) is 6.26. The molecule has 1 unspecified atom stereocenters.